The van der Waals surface area contributed by atoms with E-state index in [0.29, 0.717) is 16.9 Å². The Morgan fingerprint density at radius 1 is 1.16 bits per heavy atom. The van der Waals surface area contributed by atoms with Crippen LogP contribution in [-0.4, -0.2) is 33.3 Å². The normalized spacial score (nSPS) is 16.1. The van der Waals surface area contributed by atoms with Crippen LogP contribution in [0.5, 0.6) is 0 Å². The second-order valence-corrected chi connectivity index (χ2v) is 4.86. The van der Waals surface area contributed by atoms with Gasteiger partial charge in [-0.3, -0.25) is 0 Å². The highest BCUT2D eigenvalue weighted by Crippen LogP contribution is 2.20. The molecule has 0 aliphatic carbocycles. The van der Waals surface area contributed by atoms with E-state index in [1.165, 1.54) is 0 Å². The number of hydrogen-bond donors (Lipinski definition) is 1. The van der Waals surface area contributed by atoms with Crippen molar-refractivity contribution in [3.63, 3.8) is 0 Å². The van der Waals surface area contributed by atoms with Crippen molar-refractivity contribution >= 4 is 24.0 Å². The number of aromatic nitrogens is 4. The molecule has 0 spiro atoms. The number of piperidine rings is 1. The minimum absolute atomic E-state index is 0. The summed E-state index contributed by atoms with van der Waals surface area (Å²) < 4.78 is 0. The fourth-order valence-electron chi connectivity index (χ4n) is 2.13. The summed E-state index contributed by atoms with van der Waals surface area (Å²) in [5, 5.41) is 16.8. The summed E-state index contributed by atoms with van der Waals surface area (Å²) in [5.41, 5.74) is 0.944. The molecule has 1 fully saturated rings. The van der Waals surface area contributed by atoms with Crippen molar-refractivity contribution in [2.24, 2.45) is 0 Å². The Kier molecular flexibility index (Phi) is 4.74. The maximum absolute atomic E-state index is 5.86. The van der Waals surface area contributed by atoms with E-state index in [9.17, 15) is 0 Å². The monoisotopic (exact) mass is 299 g/mol. The Hall–Kier alpha value is -1.17. The molecule has 0 unspecified atom stereocenters. The molecule has 1 saturated heterocycles. The van der Waals surface area contributed by atoms with Crippen LogP contribution < -0.4 is 5.32 Å². The molecule has 1 aliphatic rings. The molecule has 2 heterocycles. The van der Waals surface area contributed by atoms with Crippen LogP contribution in [0.15, 0.2) is 24.3 Å². The number of nitrogens with one attached hydrogen (secondary N) is 1. The first kappa shape index (κ1) is 14.2. The summed E-state index contributed by atoms with van der Waals surface area (Å²) in [6.07, 6.45) is 2.10. The van der Waals surface area contributed by atoms with Crippen molar-refractivity contribution in [3.05, 3.63) is 29.3 Å². The molecule has 102 valence electrons. The van der Waals surface area contributed by atoms with Gasteiger partial charge in [-0.15, -0.1) is 22.6 Å². The van der Waals surface area contributed by atoms with Gasteiger partial charge in [0.25, 0.3) is 0 Å². The minimum atomic E-state index is 0. The Morgan fingerprint density at radius 2 is 1.84 bits per heavy atom. The molecule has 1 aromatic carbocycles. The van der Waals surface area contributed by atoms with Crippen molar-refractivity contribution < 1.29 is 0 Å². The Labute approximate surface area is 122 Å². The smallest absolute Gasteiger partial charge is 0.204 e. The molecule has 5 nitrogen and oxygen atoms in total. The predicted octanol–water partition coefficient (Wildman–Crippen LogP) is 2.34. The number of benzene rings is 1. The van der Waals surface area contributed by atoms with Crippen molar-refractivity contribution in [2.45, 2.75) is 18.9 Å². The van der Waals surface area contributed by atoms with Crippen LogP contribution in [0, 0.1) is 0 Å². The molecule has 7 heteroatoms. The Morgan fingerprint density at radius 3 is 2.53 bits per heavy atom. The van der Waals surface area contributed by atoms with E-state index < -0.39 is 0 Å². The van der Waals surface area contributed by atoms with E-state index in [4.69, 9.17) is 11.6 Å². The molecular weight excluding hydrogens is 285 g/mol. The lowest BCUT2D eigenvalue weighted by atomic mass is 10.1. The third-order valence-corrected chi connectivity index (χ3v) is 3.42. The van der Waals surface area contributed by atoms with Crippen molar-refractivity contribution in [1.29, 1.82) is 0 Å². The standard InChI is InChI=1S/C12H14ClN5.ClH/c13-10-3-1-9(2-4-10)12-15-17-18(16-12)11-5-7-14-8-6-11;/h1-4,11,14H,5-8H2;1H. The summed E-state index contributed by atoms with van der Waals surface area (Å²) in [4.78, 5) is 1.74. The molecule has 0 saturated carbocycles. The zero-order valence-corrected chi connectivity index (χ0v) is 11.9. The summed E-state index contributed by atoms with van der Waals surface area (Å²) in [6.45, 7) is 2.03. The molecule has 19 heavy (non-hydrogen) atoms. The number of rotatable bonds is 2. The molecule has 0 bridgehead atoms. The average molecular weight is 300 g/mol. The molecule has 1 N–H and O–H groups in total. The highest BCUT2D eigenvalue weighted by molar-refractivity contribution is 6.30. The molecule has 2 aromatic rings. The van der Waals surface area contributed by atoms with E-state index in [0.717, 1.165) is 31.5 Å². The lowest BCUT2D eigenvalue weighted by Crippen LogP contribution is -2.30. The van der Waals surface area contributed by atoms with E-state index in [-0.39, 0.29) is 12.4 Å². The molecule has 1 aromatic heterocycles. The number of nitrogens with zero attached hydrogens (tertiary/aromatic N) is 4. The van der Waals surface area contributed by atoms with Crippen molar-refractivity contribution in [2.75, 3.05) is 13.1 Å². The van der Waals surface area contributed by atoms with Gasteiger partial charge in [0.2, 0.25) is 5.82 Å². The largest absolute Gasteiger partial charge is 0.317 e. The quantitative estimate of drug-likeness (QED) is 0.925. The van der Waals surface area contributed by atoms with E-state index >= 15 is 0 Å². The predicted molar refractivity (Wildman–Crippen MR) is 76.7 cm³/mol. The van der Waals surface area contributed by atoms with Gasteiger partial charge in [0.1, 0.15) is 0 Å². The van der Waals surface area contributed by atoms with E-state index in [1.54, 1.807) is 4.80 Å². The van der Waals surface area contributed by atoms with Gasteiger partial charge in [-0.1, -0.05) is 11.6 Å². The van der Waals surface area contributed by atoms with Gasteiger partial charge < -0.3 is 5.32 Å². The van der Waals surface area contributed by atoms with Gasteiger partial charge in [-0.05, 0) is 55.4 Å². The number of tetrazole rings is 1. The maximum atomic E-state index is 5.86. The first-order valence-corrected chi connectivity index (χ1v) is 6.47. The van der Waals surface area contributed by atoms with E-state index in [1.807, 2.05) is 24.3 Å². The first-order chi connectivity index (χ1) is 8.83. The second-order valence-electron chi connectivity index (χ2n) is 4.42. The average Bonchev–Trinajstić information content (AvgIpc) is 2.90. The molecule has 0 amide bonds. The summed E-state index contributed by atoms with van der Waals surface area (Å²) in [5.74, 6) is 0.658. The van der Waals surface area contributed by atoms with Crippen LogP contribution in [-0.2, 0) is 0 Å². The highest BCUT2D eigenvalue weighted by Gasteiger charge is 2.18. The minimum Gasteiger partial charge on any atom is -0.317 e. The van der Waals surface area contributed by atoms with Crippen LogP contribution in [0.25, 0.3) is 11.4 Å². The number of halogens is 2. The Balaban J connectivity index is 0.00000133. The molecule has 0 radical (unpaired) electrons. The lowest BCUT2D eigenvalue weighted by molar-refractivity contribution is 0.309. The second kappa shape index (κ2) is 6.32. The van der Waals surface area contributed by atoms with Gasteiger partial charge >= 0.3 is 0 Å². The topological polar surface area (TPSA) is 55.6 Å². The van der Waals surface area contributed by atoms with Crippen LogP contribution in [0.1, 0.15) is 18.9 Å². The van der Waals surface area contributed by atoms with Crippen LogP contribution in [0.3, 0.4) is 0 Å². The summed E-state index contributed by atoms with van der Waals surface area (Å²) in [7, 11) is 0. The third-order valence-electron chi connectivity index (χ3n) is 3.17. The van der Waals surface area contributed by atoms with Gasteiger partial charge in [-0.2, -0.15) is 4.80 Å². The molecule has 0 atom stereocenters. The Bertz CT molecular complexity index is 519. The van der Waals surface area contributed by atoms with Gasteiger partial charge in [0.05, 0.1) is 6.04 Å². The fraction of sp³-hybridized carbons (Fsp3) is 0.417. The van der Waals surface area contributed by atoms with Gasteiger partial charge in [0.15, 0.2) is 0 Å². The van der Waals surface area contributed by atoms with Gasteiger partial charge in [0, 0.05) is 10.6 Å². The SMILES string of the molecule is Cl.Clc1ccc(-c2nnn(C3CCNCC3)n2)cc1. The van der Waals surface area contributed by atoms with Crippen LogP contribution in [0.2, 0.25) is 5.02 Å². The fourth-order valence-corrected chi connectivity index (χ4v) is 2.26. The van der Waals surface area contributed by atoms with Crippen molar-refractivity contribution in [1.82, 2.24) is 25.5 Å². The van der Waals surface area contributed by atoms with Crippen molar-refractivity contribution in [3.8, 4) is 11.4 Å². The zero-order valence-electron chi connectivity index (χ0n) is 10.3. The molecular formula is C12H15Cl2N5. The van der Waals surface area contributed by atoms with Crippen LogP contribution >= 0.6 is 24.0 Å². The molecule has 3 rings (SSSR count). The maximum Gasteiger partial charge on any atom is 0.204 e. The zero-order chi connectivity index (χ0) is 12.4. The van der Waals surface area contributed by atoms with Crippen LogP contribution in [0.4, 0.5) is 0 Å². The molecule has 1 aliphatic heterocycles. The summed E-state index contributed by atoms with van der Waals surface area (Å²) >= 11 is 5.86. The van der Waals surface area contributed by atoms with Gasteiger partial charge in [-0.25, -0.2) is 0 Å². The lowest BCUT2D eigenvalue weighted by Gasteiger charge is -2.20. The highest BCUT2D eigenvalue weighted by atomic mass is 35.5. The first-order valence-electron chi connectivity index (χ1n) is 6.09. The number of hydrogen-bond acceptors (Lipinski definition) is 4. The third kappa shape index (κ3) is 3.23. The van der Waals surface area contributed by atoms with E-state index in [2.05, 4.69) is 20.7 Å². The summed E-state index contributed by atoms with van der Waals surface area (Å²) in [6, 6.07) is 7.85.